The normalized spacial score (nSPS) is 12.8. The minimum atomic E-state index is -1.13. The van der Waals surface area contributed by atoms with Crippen LogP contribution in [-0.4, -0.2) is 25.1 Å². The maximum atomic E-state index is 13.4. The van der Waals surface area contributed by atoms with Gasteiger partial charge in [0.25, 0.3) is 0 Å². The molecule has 0 aliphatic rings. The van der Waals surface area contributed by atoms with E-state index in [-0.39, 0.29) is 5.56 Å². The van der Waals surface area contributed by atoms with Crippen LogP contribution in [0.5, 0.6) is 0 Å². The smallest absolute Gasteiger partial charge is 0.154 e. The van der Waals surface area contributed by atoms with Crippen molar-refractivity contribution in [2.24, 2.45) is 7.05 Å². The van der Waals surface area contributed by atoms with Crippen LogP contribution in [0, 0.1) is 5.82 Å². The van der Waals surface area contributed by atoms with Crippen molar-refractivity contribution in [2.75, 3.05) is 0 Å². The van der Waals surface area contributed by atoms with E-state index in [0.717, 1.165) is 6.20 Å². The predicted octanol–water partition coefficient (Wildman–Crippen LogP) is 1.19. The molecule has 2 aromatic heterocycles. The lowest BCUT2D eigenvalue weighted by molar-refractivity contribution is 0.203. The molecule has 0 aliphatic carbocycles. The van der Waals surface area contributed by atoms with Gasteiger partial charge in [-0.1, -0.05) is 5.21 Å². The molecule has 1 unspecified atom stereocenters. The van der Waals surface area contributed by atoms with Crippen molar-refractivity contribution in [3.8, 4) is 0 Å². The maximum absolute atomic E-state index is 13.4. The van der Waals surface area contributed by atoms with E-state index >= 15 is 0 Å². The van der Waals surface area contributed by atoms with Gasteiger partial charge in [-0.25, -0.2) is 9.07 Å². The molecule has 0 aromatic carbocycles. The van der Waals surface area contributed by atoms with Crippen molar-refractivity contribution < 1.29 is 9.50 Å². The summed E-state index contributed by atoms with van der Waals surface area (Å²) in [5, 5.41) is 17.5. The fraction of sp³-hybridized carbons (Fsp3) is 0.222. The maximum Gasteiger partial charge on any atom is 0.154 e. The van der Waals surface area contributed by atoms with Gasteiger partial charge in [0.05, 0.1) is 6.20 Å². The monoisotopic (exact) mass is 286 g/mol. The van der Waals surface area contributed by atoms with E-state index in [9.17, 15) is 9.50 Å². The lowest BCUT2D eigenvalue weighted by Gasteiger charge is -2.11. The van der Waals surface area contributed by atoms with E-state index in [1.165, 1.54) is 16.9 Å². The SMILES string of the molecule is Cn1nnc(Br)c1C(O)c1ccncc1F. The first kappa shape index (κ1) is 11.2. The van der Waals surface area contributed by atoms with Gasteiger partial charge < -0.3 is 5.11 Å². The Bertz CT molecular complexity index is 496. The molecule has 0 amide bonds. The highest BCUT2D eigenvalue weighted by Gasteiger charge is 2.22. The van der Waals surface area contributed by atoms with E-state index in [2.05, 4.69) is 31.2 Å². The largest absolute Gasteiger partial charge is 0.382 e. The van der Waals surface area contributed by atoms with Crippen LogP contribution in [0.15, 0.2) is 23.1 Å². The first-order chi connectivity index (χ1) is 7.61. The minimum absolute atomic E-state index is 0.140. The van der Waals surface area contributed by atoms with Crippen molar-refractivity contribution in [2.45, 2.75) is 6.10 Å². The van der Waals surface area contributed by atoms with E-state index in [4.69, 9.17) is 0 Å². The molecule has 0 saturated carbocycles. The predicted molar refractivity (Wildman–Crippen MR) is 57.0 cm³/mol. The summed E-state index contributed by atoms with van der Waals surface area (Å²) >= 11 is 3.15. The molecule has 2 rings (SSSR count). The summed E-state index contributed by atoms with van der Waals surface area (Å²) in [4.78, 5) is 3.62. The van der Waals surface area contributed by atoms with Gasteiger partial charge in [0, 0.05) is 18.8 Å². The molecule has 2 aromatic rings. The Hall–Kier alpha value is -1.34. The molecule has 16 heavy (non-hydrogen) atoms. The zero-order valence-corrected chi connectivity index (χ0v) is 9.89. The second-order valence-electron chi connectivity index (χ2n) is 3.19. The van der Waals surface area contributed by atoms with E-state index in [0.29, 0.717) is 10.3 Å². The Labute approximate surface area is 99.1 Å². The number of aliphatic hydroxyl groups excluding tert-OH is 1. The molecule has 2 heterocycles. The van der Waals surface area contributed by atoms with Gasteiger partial charge in [-0.2, -0.15) is 0 Å². The Balaban J connectivity index is 2.47. The number of aryl methyl sites for hydroxylation is 1. The molecular weight excluding hydrogens is 279 g/mol. The number of hydrogen-bond donors (Lipinski definition) is 1. The zero-order chi connectivity index (χ0) is 11.7. The van der Waals surface area contributed by atoms with E-state index < -0.39 is 11.9 Å². The van der Waals surface area contributed by atoms with Gasteiger partial charge in [0.15, 0.2) is 4.60 Å². The highest BCUT2D eigenvalue weighted by molar-refractivity contribution is 9.10. The second kappa shape index (κ2) is 4.26. The van der Waals surface area contributed by atoms with Crippen LogP contribution in [0.2, 0.25) is 0 Å². The van der Waals surface area contributed by atoms with Gasteiger partial charge in [0.2, 0.25) is 0 Å². The van der Waals surface area contributed by atoms with Gasteiger partial charge in [-0.15, -0.1) is 5.10 Å². The zero-order valence-electron chi connectivity index (χ0n) is 8.30. The average molecular weight is 287 g/mol. The Morgan fingerprint density at radius 3 is 2.88 bits per heavy atom. The Morgan fingerprint density at radius 1 is 1.56 bits per heavy atom. The van der Waals surface area contributed by atoms with Gasteiger partial charge in [-0.3, -0.25) is 4.98 Å². The van der Waals surface area contributed by atoms with Crippen molar-refractivity contribution in [1.29, 1.82) is 0 Å². The molecule has 0 spiro atoms. The number of nitrogens with zero attached hydrogens (tertiary/aromatic N) is 4. The number of aliphatic hydroxyl groups is 1. The summed E-state index contributed by atoms with van der Waals surface area (Å²) in [6.07, 6.45) is 1.34. The average Bonchev–Trinajstić information content (AvgIpc) is 2.58. The number of hydrogen-bond acceptors (Lipinski definition) is 4. The lowest BCUT2D eigenvalue weighted by Crippen LogP contribution is -2.09. The standard InChI is InChI=1S/C9H8BrFN4O/c1-15-7(9(10)13-14-15)8(16)5-2-3-12-4-6(5)11/h2-4,8,16H,1H3. The summed E-state index contributed by atoms with van der Waals surface area (Å²) in [5.74, 6) is -0.567. The third kappa shape index (κ3) is 1.83. The molecule has 1 atom stereocenters. The summed E-state index contributed by atoms with van der Waals surface area (Å²) in [6.45, 7) is 0. The van der Waals surface area contributed by atoms with Crippen LogP contribution in [-0.2, 0) is 7.05 Å². The highest BCUT2D eigenvalue weighted by Crippen LogP contribution is 2.27. The van der Waals surface area contributed by atoms with Crippen molar-refractivity contribution >= 4 is 15.9 Å². The number of rotatable bonds is 2. The second-order valence-corrected chi connectivity index (χ2v) is 3.94. The molecule has 0 fully saturated rings. The minimum Gasteiger partial charge on any atom is -0.382 e. The molecule has 84 valence electrons. The fourth-order valence-electron chi connectivity index (χ4n) is 1.38. The molecule has 5 nitrogen and oxygen atoms in total. The van der Waals surface area contributed by atoms with Crippen LogP contribution in [0.3, 0.4) is 0 Å². The van der Waals surface area contributed by atoms with Crippen molar-refractivity contribution in [3.05, 3.63) is 40.1 Å². The van der Waals surface area contributed by atoms with E-state index in [1.54, 1.807) is 7.05 Å². The quantitative estimate of drug-likeness (QED) is 0.901. The van der Waals surface area contributed by atoms with Crippen LogP contribution < -0.4 is 0 Å². The molecule has 0 bridgehead atoms. The Kier molecular flexibility index (Phi) is 2.97. The first-order valence-electron chi connectivity index (χ1n) is 4.44. The summed E-state index contributed by atoms with van der Waals surface area (Å²) < 4.78 is 15.2. The van der Waals surface area contributed by atoms with Crippen molar-refractivity contribution in [3.63, 3.8) is 0 Å². The first-order valence-corrected chi connectivity index (χ1v) is 5.23. The summed E-state index contributed by atoms with van der Waals surface area (Å²) in [5.41, 5.74) is 0.534. The Morgan fingerprint density at radius 2 is 2.31 bits per heavy atom. The van der Waals surface area contributed by atoms with Crippen LogP contribution in [0.25, 0.3) is 0 Å². The number of halogens is 2. The topological polar surface area (TPSA) is 63.8 Å². The molecule has 1 N–H and O–H groups in total. The van der Waals surface area contributed by atoms with Crippen molar-refractivity contribution in [1.82, 2.24) is 20.0 Å². The number of aromatic nitrogens is 4. The fourth-order valence-corrected chi connectivity index (χ4v) is 1.93. The summed E-state index contributed by atoms with van der Waals surface area (Å²) in [6, 6.07) is 1.42. The third-order valence-electron chi connectivity index (χ3n) is 2.18. The van der Waals surface area contributed by atoms with E-state index in [1.807, 2.05) is 0 Å². The van der Waals surface area contributed by atoms with Gasteiger partial charge in [-0.05, 0) is 22.0 Å². The third-order valence-corrected chi connectivity index (χ3v) is 2.75. The molecular formula is C9H8BrFN4O. The lowest BCUT2D eigenvalue weighted by atomic mass is 10.1. The molecule has 0 saturated heterocycles. The summed E-state index contributed by atoms with van der Waals surface area (Å²) in [7, 11) is 1.62. The van der Waals surface area contributed by atoms with Crippen LogP contribution in [0.4, 0.5) is 4.39 Å². The molecule has 0 aliphatic heterocycles. The number of pyridine rings is 1. The molecule has 0 radical (unpaired) electrons. The van der Waals surface area contributed by atoms with Crippen LogP contribution in [0.1, 0.15) is 17.4 Å². The van der Waals surface area contributed by atoms with Gasteiger partial charge >= 0.3 is 0 Å². The van der Waals surface area contributed by atoms with Gasteiger partial charge in [0.1, 0.15) is 17.6 Å². The van der Waals surface area contributed by atoms with Crippen LogP contribution >= 0.6 is 15.9 Å². The molecule has 7 heteroatoms. The highest BCUT2D eigenvalue weighted by atomic mass is 79.9.